The number of likely N-dealkylation sites (tertiary alicyclic amines) is 1. The molecule has 7 rings (SSSR count). The highest BCUT2D eigenvalue weighted by Gasteiger charge is 2.66. The van der Waals surface area contributed by atoms with Crippen LogP contribution in [0.1, 0.15) is 57.6 Å². The molecule has 162 valence electrons. The molecule has 0 spiro atoms. The van der Waals surface area contributed by atoms with Crippen molar-refractivity contribution in [3.63, 3.8) is 0 Å². The maximum Gasteiger partial charge on any atom is 0.311 e. The molecule has 0 radical (unpaired) electrons. The van der Waals surface area contributed by atoms with Crippen molar-refractivity contribution in [1.82, 2.24) is 9.88 Å². The number of fused-ring (bicyclic) bond motifs is 1. The molecule has 1 aromatic heterocycles. The van der Waals surface area contributed by atoms with Gasteiger partial charge in [-0.15, -0.1) is 0 Å². The molecular formula is C26H30N2O3. The van der Waals surface area contributed by atoms with Gasteiger partial charge in [0.25, 0.3) is 0 Å². The second kappa shape index (κ2) is 6.30. The molecule has 4 bridgehead atoms. The van der Waals surface area contributed by atoms with Crippen LogP contribution in [0, 0.1) is 28.6 Å². The summed E-state index contributed by atoms with van der Waals surface area (Å²) in [7, 11) is 1.52. The summed E-state index contributed by atoms with van der Waals surface area (Å²) >= 11 is 0. The lowest BCUT2D eigenvalue weighted by Crippen LogP contribution is -2.70. The van der Waals surface area contributed by atoms with Crippen molar-refractivity contribution in [3.05, 3.63) is 42.1 Å². The minimum atomic E-state index is -0.444. The highest BCUT2D eigenvalue weighted by Crippen LogP contribution is 2.65. The smallest absolute Gasteiger partial charge is 0.311 e. The fourth-order valence-electron chi connectivity index (χ4n) is 7.96. The van der Waals surface area contributed by atoms with Crippen molar-refractivity contribution in [2.75, 3.05) is 7.11 Å². The van der Waals surface area contributed by atoms with E-state index in [2.05, 4.69) is 43.0 Å². The minimum Gasteiger partial charge on any atom is -0.469 e. The number of hydrogen-bond acceptors (Lipinski definition) is 4. The fourth-order valence-corrected chi connectivity index (χ4v) is 7.96. The molecule has 5 aliphatic rings. The van der Waals surface area contributed by atoms with Gasteiger partial charge in [0.15, 0.2) is 0 Å². The number of para-hydroxylation sites is 1. The van der Waals surface area contributed by atoms with Gasteiger partial charge in [-0.05, 0) is 69.8 Å². The monoisotopic (exact) mass is 418 g/mol. The number of nitrogens with zero attached hydrogens (tertiary/aromatic N) is 2. The number of esters is 1. The van der Waals surface area contributed by atoms with E-state index in [0.29, 0.717) is 17.8 Å². The topological polar surface area (TPSA) is 59.5 Å². The average Bonchev–Trinajstić information content (AvgIpc) is 2.76. The van der Waals surface area contributed by atoms with Gasteiger partial charge in [0.2, 0.25) is 5.91 Å². The van der Waals surface area contributed by atoms with Crippen LogP contribution >= 0.6 is 0 Å². The maximum absolute atomic E-state index is 13.5. The summed E-state index contributed by atoms with van der Waals surface area (Å²) in [5.41, 5.74) is 1.39. The second-order valence-electron chi connectivity index (χ2n) is 11.0. The Morgan fingerprint density at radius 3 is 2.52 bits per heavy atom. The Bertz CT molecular complexity index is 1070. The molecule has 1 amide bonds. The van der Waals surface area contributed by atoms with Gasteiger partial charge in [0.05, 0.1) is 29.5 Å². The van der Waals surface area contributed by atoms with Gasteiger partial charge in [-0.1, -0.05) is 24.3 Å². The van der Waals surface area contributed by atoms with E-state index in [-0.39, 0.29) is 29.4 Å². The normalized spacial score (nSPS) is 37.7. The van der Waals surface area contributed by atoms with E-state index in [1.165, 1.54) is 7.11 Å². The van der Waals surface area contributed by atoms with E-state index in [9.17, 15) is 9.59 Å². The molecule has 4 saturated carbocycles. The van der Waals surface area contributed by atoms with Gasteiger partial charge in [-0.3, -0.25) is 14.6 Å². The summed E-state index contributed by atoms with van der Waals surface area (Å²) < 4.78 is 5.24. The number of pyridine rings is 1. The number of carbonyl (C=O) groups excluding carboxylic acids is 2. The number of methoxy groups -OCH3 is 1. The number of amides is 1. The maximum atomic E-state index is 13.5. The Morgan fingerprint density at radius 1 is 1.10 bits per heavy atom. The highest BCUT2D eigenvalue weighted by molar-refractivity contribution is 5.93. The zero-order valence-corrected chi connectivity index (χ0v) is 18.5. The molecule has 2 aromatic rings. The van der Waals surface area contributed by atoms with Crippen molar-refractivity contribution in [2.45, 2.75) is 58.0 Å². The summed E-state index contributed by atoms with van der Waals surface area (Å²) in [5, 5.41) is 1.12. The van der Waals surface area contributed by atoms with Crippen molar-refractivity contribution < 1.29 is 14.3 Å². The minimum absolute atomic E-state index is 0.0233. The largest absolute Gasteiger partial charge is 0.469 e. The molecule has 3 unspecified atom stereocenters. The van der Waals surface area contributed by atoms with E-state index >= 15 is 0 Å². The first kappa shape index (κ1) is 19.3. The Hall–Kier alpha value is -2.43. The van der Waals surface area contributed by atoms with Crippen LogP contribution in [0.25, 0.3) is 10.9 Å². The molecule has 3 atom stereocenters. The first-order chi connectivity index (χ1) is 14.9. The SMILES string of the molecule is COC(=O)C12CC3CC(C1)C(N1C(=O)C(C)(C)C1c1cccc4cccnc14)C(C3)C2. The zero-order valence-electron chi connectivity index (χ0n) is 18.5. The first-order valence-corrected chi connectivity index (χ1v) is 11.6. The van der Waals surface area contributed by atoms with E-state index in [1.54, 1.807) is 0 Å². The number of aromatic nitrogens is 1. The van der Waals surface area contributed by atoms with Crippen molar-refractivity contribution in [2.24, 2.45) is 28.6 Å². The van der Waals surface area contributed by atoms with Crippen LogP contribution in [0.3, 0.4) is 0 Å². The van der Waals surface area contributed by atoms with Gasteiger partial charge in [0.1, 0.15) is 0 Å². The Morgan fingerprint density at radius 2 is 1.81 bits per heavy atom. The summed E-state index contributed by atoms with van der Waals surface area (Å²) in [6.45, 7) is 4.15. The predicted molar refractivity (Wildman–Crippen MR) is 117 cm³/mol. The molecule has 1 saturated heterocycles. The van der Waals surface area contributed by atoms with Crippen LogP contribution in [0.15, 0.2) is 36.5 Å². The molecule has 2 heterocycles. The van der Waals surface area contributed by atoms with E-state index in [4.69, 9.17) is 9.72 Å². The third-order valence-corrected chi connectivity index (χ3v) is 8.87. The third-order valence-electron chi connectivity index (χ3n) is 8.87. The molecule has 5 fully saturated rings. The quantitative estimate of drug-likeness (QED) is 0.543. The van der Waals surface area contributed by atoms with Crippen LogP contribution in [-0.2, 0) is 14.3 Å². The van der Waals surface area contributed by atoms with Crippen LogP contribution in [0.4, 0.5) is 0 Å². The molecule has 4 aliphatic carbocycles. The van der Waals surface area contributed by atoms with Crippen molar-refractivity contribution >= 4 is 22.8 Å². The summed E-state index contributed by atoms with van der Waals surface area (Å²) in [6.07, 6.45) is 6.79. The second-order valence-corrected chi connectivity index (χ2v) is 11.0. The van der Waals surface area contributed by atoms with Crippen molar-refractivity contribution in [1.29, 1.82) is 0 Å². The third kappa shape index (κ3) is 2.46. The lowest BCUT2D eigenvalue weighted by Gasteiger charge is -2.66. The predicted octanol–water partition coefficient (Wildman–Crippen LogP) is 4.51. The van der Waals surface area contributed by atoms with Gasteiger partial charge in [-0.2, -0.15) is 0 Å². The van der Waals surface area contributed by atoms with E-state index in [1.807, 2.05) is 12.3 Å². The fraction of sp³-hybridized carbons (Fsp3) is 0.577. The lowest BCUT2D eigenvalue weighted by atomic mass is 9.47. The molecule has 1 aromatic carbocycles. The number of carbonyl (C=O) groups is 2. The molecule has 5 heteroatoms. The lowest BCUT2D eigenvalue weighted by molar-refractivity contribution is -0.203. The molecule has 0 N–H and O–H groups in total. The van der Waals surface area contributed by atoms with Gasteiger partial charge >= 0.3 is 5.97 Å². The van der Waals surface area contributed by atoms with E-state index < -0.39 is 5.41 Å². The number of benzene rings is 1. The summed E-state index contributed by atoms with van der Waals surface area (Å²) in [5.74, 6) is 1.58. The van der Waals surface area contributed by atoms with Gasteiger partial charge < -0.3 is 9.64 Å². The number of rotatable bonds is 3. The van der Waals surface area contributed by atoms with E-state index in [0.717, 1.165) is 48.6 Å². The molecule has 31 heavy (non-hydrogen) atoms. The highest BCUT2D eigenvalue weighted by atomic mass is 16.5. The van der Waals surface area contributed by atoms with Crippen LogP contribution in [0.5, 0.6) is 0 Å². The molecule has 1 aliphatic heterocycles. The first-order valence-electron chi connectivity index (χ1n) is 11.6. The molecular weight excluding hydrogens is 388 g/mol. The Kier molecular flexibility index (Phi) is 3.92. The number of β-lactam (4-membered cyclic amide) rings is 1. The summed E-state index contributed by atoms with van der Waals surface area (Å²) in [6, 6.07) is 10.6. The van der Waals surface area contributed by atoms with Gasteiger partial charge in [-0.25, -0.2) is 0 Å². The Labute approximate surface area is 183 Å². The van der Waals surface area contributed by atoms with Crippen LogP contribution in [-0.4, -0.2) is 34.9 Å². The van der Waals surface area contributed by atoms with Crippen molar-refractivity contribution in [3.8, 4) is 0 Å². The standard InChI is InChI=1S/C26H30N2O3/c1-25(2)22(19-8-4-6-16-7-5-9-27-20(16)19)28(23(25)29)21-17-10-15-11-18(21)14-26(12-15,13-17)24(30)31-3/h4-9,15,17-18,21-22H,10-14H2,1-3H3. The number of ether oxygens (including phenoxy) is 1. The average molecular weight is 419 g/mol. The van der Waals surface area contributed by atoms with Gasteiger partial charge in [0, 0.05) is 23.2 Å². The molecule has 5 nitrogen and oxygen atoms in total. The Balaban J connectivity index is 1.41. The summed E-state index contributed by atoms with van der Waals surface area (Å²) in [4.78, 5) is 33.1. The zero-order chi connectivity index (χ0) is 21.5. The van der Waals surface area contributed by atoms with Crippen LogP contribution in [0.2, 0.25) is 0 Å². The number of hydrogen-bond donors (Lipinski definition) is 0. The van der Waals surface area contributed by atoms with Crippen LogP contribution < -0.4 is 0 Å².